The minimum Gasteiger partial charge on any atom is -0.384 e. The van der Waals surface area contributed by atoms with E-state index in [9.17, 15) is 0 Å². The summed E-state index contributed by atoms with van der Waals surface area (Å²) in [5.41, 5.74) is 0. The first kappa shape index (κ1) is 13.3. The third-order valence-electron chi connectivity index (χ3n) is 3.78. The normalized spacial score (nSPS) is 31.6. The summed E-state index contributed by atoms with van der Waals surface area (Å²) in [6.45, 7) is 7.45. The second kappa shape index (κ2) is 7.31. The molecule has 2 fully saturated rings. The summed E-state index contributed by atoms with van der Waals surface area (Å²) in [4.78, 5) is 2.57. The second-order valence-corrected chi connectivity index (χ2v) is 5.25. The molecule has 0 bridgehead atoms. The number of piperidine rings is 1. The van der Waals surface area contributed by atoms with Crippen molar-refractivity contribution in [3.8, 4) is 0 Å². The van der Waals surface area contributed by atoms with E-state index in [1.54, 1.807) is 7.11 Å². The van der Waals surface area contributed by atoms with E-state index in [4.69, 9.17) is 9.47 Å². The van der Waals surface area contributed by atoms with Crippen molar-refractivity contribution in [3.63, 3.8) is 0 Å². The molecule has 2 aliphatic heterocycles. The molecule has 2 rings (SSSR count). The van der Waals surface area contributed by atoms with Gasteiger partial charge in [-0.15, -0.1) is 0 Å². The van der Waals surface area contributed by atoms with E-state index in [1.165, 1.54) is 32.5 Å². The van der Waals surface area contributed by atoms with Gasteiger partial charge in [-0.1, -0.05) is 0 Å². The van der Waals surface area contributed by atoms with Crippen molar-refractivity contribution >= 4 is 0 Å². The molecule has 0 aliphatic carbocycles. The van der Waals surface area contributed by atoms with Gasteiger partial charge in [0.2, 0.25) is 0 Å². The van der Waals surface area contributed by atoms with Crippen LogP contribution in [0.25, 0.3) is 0 Å². The summed E-state index contributed by atoms with van der Waals surface area (Å²) in [5.74, 6) is 0.735. The van der Waals surface area contributed by atoms with Gasteiger partial charge < -0.3 is 19.7 Å². The number of likely N-dealkylation sites (tertiary alicyclic amines) is 1. The van der Waals surface area contributed by atoms with Crippen LogP contribution in [-0.4, -0.2) is 64.1 Å². The number of rotatable bonds is 5. The molecule has 0 amide bonds. The molecule has 0 saturated carbocycles. The van der Waals surface area contributed by atoms with Crippen molar-refractivity contribution in [2.45, 2.75) is 25.4 Å². The average molecular weight is 242 g/mol. The minimum atomic E-state index is 0.423. The van der Waals surface area contributed by atoms with Crippen LogP contribution in [0.4, 0.5) is 0 Å². The average Bonchev–Trinajstić information content (AvgIpc) is 2.39. The lowest BCUT2D eigenvalue weighted by molar-refractivity contribution is 0.0123. The molecule has 2 atom stereocenters. The summed E-state index contributed by atoms with van der Waals surface area (Å²) in [6, 6.07) is 0. The molecule has 0 radical (unpaired) electrons. The number of methoxy groups -OCH3 is 1. The highest BCUT2D eigenvalue weighted by atomic mass is 16.5. The SMILES string of the molecule is COCC1CCCN(CCC2CNCCO2)C1. The molecular weight excluding hydrogens is 216 g/mol. The molecule has 2 heterocycles. The zero-order chi connectivity index (χ0) is 11.9. The van der Waals surface area contributed by atoms with Gasteiger partial charge in [-0.05, 0) is 31.7 Å². The summed E-state index contributed by atoms with van der Waals surface area (Å²) in [7, 11) is 1.81. The number of hydrogen-bond donors (Lipinski definition) is 1. The molecule has 1 N–H and O–H groups in total. The molecule has 4 nitrogen and oxygen atoms in total. The maximum absolute atomic E-state index is 5.73. The number of nitrogens with zero attached hydrogens (tertiary/aromatic N) is 1. The number of nitrogens with one attached hydrogen (secondary N) is 1. The van der Waals surface area contributed by atoms with Gasteiger partial charge in [0.15, 0.2) is 0 Å². The Kier molecular flexibility index (Phi) is 5.71. The molecule has 0 aromatic rings. The van der Waals surface area contributed by atoms with Crippen LogP contribution in [0, 0.1) is 5.92 Å². The molecule has 4 heteroatoms. The Bertz CT molecular complexity index is 206. The predicted octanol–water partition coefficient (Wildman–Crippen LogP) is 0.723. The second-order valence-electron chi connectivity index (χ2n) is 5.25. The molecule has 2 unspecified atom stereocenters. The summed E-state index contributed by atoms with van der Waals surface area (Å²) >= 11 is 0. The molecule has 2 aliphatic rings. The van der Waals surface area contributed by atoms with Crippen molar-refractivity contribution in [1.29, 1.82) is 0 Å². The van der Waals surface area contributed by atoms with Crippen molar-refractivity contribution in [3.05, 3.63) is 0 Å². The van der Waals surface area contributed by atoms with Crippen LogP contribution in [0.15, 0.2) is 0 Å². The topological polar surface area (TPSA) is 33.7 Å². The maximum atomic E-state index is 5.73. The van der Waals surface area contributed by atoms with E-state index < -0.39 is 0 Å². The van der Waals surface area contributed by atoms with E-state index in [-0.39, 0.29) is 0 Å². The zero-order valence-corrected chi connectivity index (χ0v) is 11.0. The third kappa shape index (κ3) is 4.54. The van der Waals surface area contributed by atoms with Crippen molar-refractivity contribution in [2.24, 2.45) is 5.92 Å². The van der Waals surface area contributed by atoms with Crippen LogP contribution < -0.4 is 5.32 Å². The highest BCUT2D eigenvalue weighted by molar-refractivity contribution is 4.75. The molecule has 17 heavy (non-hydrogen) atoms. The largest absolute Gasteiger partial charge is 0.384 e. The van der Waals surface area contributed by atoms with Crippen LogP contribution in [0.2, 0.25) is 0 Å². The van der Waals surface area contributed by atoms with Crippen LogP contribution >= 0.6 is 0 Å². The summed E-state index contributed by atoms with van der Waals surface area (Å²) in [6.07, 6.45) is 4.22. The quantitative estimate of drug-likeness (QED) is 0.770. The highest BCUT2D eigenvalue weighted by Crippen LogP contribution is 2.17. The molecule has 0 aromatic carbocycles. The lowest BCUT2D eigenvalue weighted by Crippen LogP contribution is -2.42. The highest BCUT2D eigenvalue weighted by Gasteiger charge is 2.21. The fraction of sp³-hybridized carbons (Fsp3) is 1.00. The van der Waals surface area contributed by atoms with Crippen LogP contribution in [-0.2, 0) is 9.47 Å². The van der Waals surface area contributed by atoms with Gasteiger partial charge >= 0.3 is 0 Å². The van der Waals surface area contributed by atoms with Crippen LogP contribution in [0.5, 0.6) is 0 Å². The minimum absolute atomic E-state index is 0.423. The van der Waals surface area contributed by atoms with Crippen LogP contribution in [0.1, 0.15) is 19.3 Å². The predicted molar refractivity (Wildman–Crippen MR) is 68.3 cm³/mol. The molecule has 2 saturated heterocycles. The van der Waals surface area contributed by atoms with Gasteiger partial charge in [-0.3, -0.25) is 0 Å². The van der Waals surface area contributed by atoms with Crippen molar-refractivity contribution < 1.29 is 9.47 Å². The lowest BCUT2D eigenvalue weighted by Gasteiger charge is -2.33. The molecular formula is C13H26N2O2. The Morgan fingerprint density at radius 3 is 3.18 bits per heavy atom. The van der Waals surface area contributed by atoms with E-state index in [0.29, 0.717) is 6.10 Å². The monoisotopic (exact) mass is 242 g/mol. The molecule has 0 aromatic heterocycles. The standard InChI is InChI=1S/C13H26N2O2/c1-16-11-12-3-2-6-15(10-12)7-4-13-9-14-5-8-17-13/h12-14H,2-11H2,1H3. The Hall–Kier alpha value is -0.160. The summed E-state index contributed by atoms with van der Waals surface area (Å²) in [5, 5.41) is 3.39. The molecule has 100 valence electrons. The van der Waals surface area contributed by atoms with E-state index in [0.717, 1.165) is 38.6 Å². The Labute approximate surface area is 105 Å². The van der Waals surface area contributed by atoms with E-state index in [2.05, 4.69) is 10.2 Å². The number of hydrogen-bond acceptors (Lipinski definition) is 4. The van der Waals surface area contributed by atoms with Gasteiger partial charge in [-0.2, -0.15) is 0 Å². The van der Waals surface area contributed by atoms with Crippen LogP contribution in [0.3, 0.4) is 0 Å². The fourth-order valence-electron chi connectivity index (χ4n) is 2.86. The first-order chi connectivity index (χ1) is 8.38. The maximum Gasteiger partial charge on any atom is 0.0712 e. The van der Waals surface area contributed by atoms with Gasteiger partial charge in [0.25, 0.3) is 0 Å². The number of morpholine rings is 1. The Morgan fingerprint density at radius 2 is 2.41 bits per heavy atom. The smallest absolute Gasteiger partial charge is 0.0712 e. The summed E-state index contributed by atoms with van der Waals surface area (Å²) < 4.78 is 11.0. The zero-order valence-electron chi connectivity index (χ0n) is 11.0. The molecule has 0 spiro atoms. The van der Waals surface area contributed by atoms with Gasteiger partial charge in [0.1, 0.15) is 0 Å². The Balaban J connectivity index is 1.64. The fourth-order valence-corrected chi connectivity index (χ4v) is 2.86. The van der Waals surface area contributed by atoms with E-state index in [1.807, 2.05) is 0 Å². The van der Waals surface area contributed by atoms with E-state index >= 15 is 0 Å². The first-order valence-corrected chi connectivity index (χ1v) is 6.92. The van der Waals surface area contributed by atoms with Crippen molar-refractivity contribution in [1.82, 2.24) is 10.2 Å². The Morgan fingerprint density at radius 1 is 1.47 bits per heavy atom. The number of ether oxygens (including phenoxy) is 2. The van der Waals surface area contributed by atoms with Gasteiger partial charge in [0, 0.05) is 33.3 Å². The first-order valence-electron chi connectivity index (χ1n) is 6.92. The lowest BCUT2D eigenvalue weighted by atomic mass is 9.98. The van der Waals surface area contributed by atoms with Crippen molar-refractivity contribution in [2.75, 3.05) is 53.0 Å². The third-order valence-corrected chi connectivity index (χ3v) is 3.78. The van der Waals surface area contributed by atoms with Gasteiger partial charge in [-0.25, -0.2) is 0 Å². The van der Waals surface area contributed by atoms with Gasteiger partial charge in [0.05, 0.1) is 19.3 Å².